The second-order valence-electron chi connectivity index (χ2n) is 4.10. The van der Waals surface area contributed by atoms with E-state index in [2.05, 4.69) is 17.3 Å². The third-order valence-electron chi connectivity index (χ3n) is 2.51. The SMILES string of the molecule is CCCCC(=O)NCCn1nc(C)cc1C. The zero-order valence-corrected chi connectivity index (χ0v) is 10.4. The van der Waals surface area contributed by atoms with E-state index in [1.807, 2.05) is 24.6 Å². The Labute approximate surface area is 97.0 Å². The fourth-order valence-corrected chi connectivity index (χ4v) is 1.63. The summed E-state index contributed by atoms with van der Waals surface area (Å²) in [5.74, 6) is 0.142. The van der Waals surface area contributed by atoms with Crippen molar-refractivity contribution >= 4 is 5.91 Å². The Morgan fingerprint density at radius 1 is 1.50 bits per heavy atom. The van der Waals surface area contributed by atoms with E-state index in [-0.39, 0.29) is 5.91 Å². The molecule has 0 unspecified atom stereocenters. The number of carbonyl (C=O) groups excluding carboxylic acids is 1. The minimum Gasteiger partial charge on any atom is -0.354 e. The van der Waals surface area contributed by atoms with Gasteiger partial charge in [0.25, 0.3) is 0 Å². The Balaban J connectivity index is 2.25. The zero-order chi connectivity index (χ0) is 12.0. The van der Waals surface area contributed by atoms with E-state index in [1.165, 1.54) is 0 Å². The molecule has 16 heavy (non-hydrogen) atoms. The van der Waals surface area contributed by atoms with Crippen molar-refractivity contribution in [2.45, 2.75) is 46.6 Å². The van der Waals surface area contributed by atoms with E-state index >= 15 is 0 Å². The summed E-state index contributed by atoms with van der Waals surface area (Å²) in [6.07, 6.45) is 2.66. The standard InChI is InChI=1S/C12H21N3O/c1-4-5-6-12(16)13-7-8-15-11(3)9-10(2)14-15/h9H,4-8H2,1-3H3,(H,13,16). The molecule has 1 heterocycles. The Kier molecular flexibility index (Phi) is 5.02. The second kappa shape index (κ2) is 6.30. The van der Waals surface area contributed by atoms with Crippen LogP contribution in [0.4, 0.5) is 0 Å². The molecule has 1 rings (SSSR count). The van der Waals surface area contributed by atoms with E-state index in [9.17, 15) is 4.79 Å². The smallest absolute Gasteiger partial charge is 0.220 e. The Morgan fingerprint density at radius 3 is 2.81 bits per heavy atom. The normalized spacial score (nSPS) is 10.4. The highest BCUT2D eigenvalue weighted by Gasteiger charge is 2.02. The number of rotatable bonds is 6. The fraction of sp³-hybridized carbons (Fsp3) is 0.667. The van der Waals surface area contributed by atoms with Crippen LogP contribution in [0.3, 0.4) is 0 Å². The third kappa shape index (κ3) is 4.04. The Morgan fingerprint density at radius 2 is 2.25 bits per heavy atom. The molecule has 0 aliphatic carbocycles. The van der Waals surface area contributed by atoms with Crippen molar-refractivity contribution in [2.75, 3.05) is 6.54 Å². The maximum atomic E-state index is 11.3. The first-order valence-electron chi connectivity index (χ1n) is 5.91. The first kappa shape index (κ1) is 12.7. The molecule has 0 radical (unpaired) electrons. The Hall–Kier alpha value is -1.32. The van der Waals surface area contributed by atoms with Crippen LogP contribution in [-0.2, 0) is 11.3 Å². The molecule has 1 N–H and O–H groups in total. The van der Waals surface area contributed by atoms with Gasteiger partial charge in [-0.05, 0) is 26.3 Å². The molecule has 0 spiro atoms. The summed E-state index contributed by atoms with van der Waals surface area (Å²) < 4.78 is 1.93. The van der Waals surface area contributed by atoms with Crippen molar-refractivity contribution in [3.63, 3.8) is 0 Å². The van der Waals surface area contributed by atoms with Crippen molar-refractivity contribution in [3.8, 4) is 0 Å². The molecule has 0 bridgehead atoms. The zero-order valence-electron chi connectivity index (χ0n) is 10.4. The third-order valence-corrected chi connectivity index (χ3v) is 2.51. The van der Waals surface area contributed by atoms with Crippen molar-refractivity contribution in [1.82, 2.24) is 15.1 Å². The molecular formula is C12H21N3O. The van der Waals surface area contributed by atoms with E-state index in [4.69, 9.17) is 0 Å². The molecule has 0 fully saturated rings. The number of nitrogens with zero attached hydrogens (tertiary/aromatic N) is 2. The van der Waals surface area contributed by atoms with Gasteiger partial charge in [0.1, 0.15) is 0 Å². The van der Waals surface area contributed by atoms with E-state index in [0.717, 1.165) is 30.8 Å². The van der Waals surface area contributed by atoms with Crippen LogP contribution < -0.4 is 5.32 Å². The van der Waals surface area contributed by atoms with Gasteiger partial charge in [0.15, 0.2) is 0 Å². The molecule has 4 heteroatoms. The lowest BCUT2D eigenvalue weighted by molar-refractivity contribution is -0.121. The lowest BCUT2D eigenvalue weighted by Gasteiger charge is -2.06. The van der Waals surface area contributed by atoms with Crippen LogP contribution in [0, 0.1) is 13.8 Å². The van der Waals surface area contributed by atoms with Crippen molar-refractivity contribution in [1.29, 1.82) is 0 Å². The molecule has 0 aromatic carbocycles. The van der Waals surface area contributed by atoms with Crippen LogP contribution in [0.2, 0.25) is 0 Å². The predicted molar refractivity (Wildman–Crippen MR) is 64.2 cm³/mol. The number of aromatic nitrogens is 2. The number of nitrogens with one attached hydrogen (secondary N) is 1. The minimum atomic E-state index is 0.142. The lowest BCUT2D eigenvalue weighted by atomic mass is 10.2. The number of carbonyl (C=O) groups is 1. The van der Waals surface area contributed by atoms with Gasteiger partial charge >= 0.3 is 0 Å². The topological polar surface area (TPSA) is 46.9 Å². The highest BCUT2D eigenvalue weighted by molar-refractivity contribution is 5.75. The van der Waals surface area contributed by atoms with E-state index in [0.29, 0.717) is 13.0 Å². The van der Waals surface area contributed by atoms with Gasteiger partial charge in [-0.2, -0.15) is 5.10 Å². The average molecular weight is 223 g/mol. The maximum Gasteiger partial charge on any atom is 0.220 e. The summed E-state index contributed by atoms with van der Waals surface area (Å²) in [5.41, 5.74) is 2.16. The number of hydrogen-bond donors (Lipinski definition) is 1. The van der Waals surface area contributed by atoms with Gasteiger partial charge in [0.05, 0.1) is 12.2 Å². The van der Waals surface area contributed by atoms with Crippen molar-refractivity contribution < 1.29 is 4.79 Å². The number of aryl methyl sites for hydroxylation is 2. The second-order valence-corrected chi connectivity index (χ2v) is 4.10. The molecule has 0 aliphatic heterocycles. The van der Waals surface area contributed by atoms with E-state index < -0.39 is 0 Å². The van der Waals surface area contributed by atoms with Crippen LogP contribution in [-0.4, -0.2) is 22.2 Å². The van der Waals surface area contributed by atoms with Crippen LogP contribution in [0.1, 0.15) is 37.6 Å². The summed E-state index contributed by atoms with van der Waals surface area (Å²) in [5, 5.41) is 7.24. The molecule has 0 saturated carbocycles. The maximum absolute atomic E-state index is 11.3. The molecule has 90 valence electrons. The molecular weight excluding hydrogens is 202 g/mol. The summed E-state index contributed by atoms with van der Waals surface area (Å²) in [7, 11) is 0. The Bertz CT molecular complexity index is 344. The van der Waals surface area contributed by atoms with Gasteiger partial charge in [-0.3, -0.25) is 9.48 Å². The van der Waals surface area contributed by atoms with Gasteiger partial charge < -0.3 is 5.32 Å². The van der Waals surface area contributed by atoms with Crippen LogP contribution in [0.25, 0.3) is 0 Å². The summed E-state index contributed by atoms with van der Waals surface area (Å²) in [6, 6.07) is 2.04. The summed E-state index contributed by atoms with van der Waals surface area (Å²) in [4.78, 5) is 11.3. The number of hydrogen-bond acceptors (Lipinski definition) is 2. The highest BCUT2D eigenvalue weighted by Crippen LogP contribution is 2.00. The van der Waals surface area contributed by atoms with Crippen LogP contribution in [0.5, 0.6) is 0 Å². The van der Waals surface area contributed by atoms with Gasteiger partial charge in [-0.15, -0.1) is 0 Å². The lowest BCUT2D eigenvalue weighted by Crippen LogP contribution is -2.27. The van der Waals surface area contributed by atoms with Crippen molar-refractivity contribution in [2.24, 2.45) is 0 Å². The highest BCUT2D eigenvalue weighted by atomic mass is 16.1. The molecule has 4 nitrogen and oxygen atoms in total. The largest absolute Gasteiger partial charge is 0.354 e. The van der Waals surface area contributed by atoms with Gasteiger partial charge in [0.2, 0.25) is 5.91 Å². The minimum absolute atomic E-state index is 0.142. The molecule has 0 saturated heterocycles. The van der Waals surface area contributed by atoms with E-state index in [1.54, 1.807) is 0 Å². The first-order chi connectivity index (χ1) is 7.63. The summed E-state index contributed by atoms with van der Waals surface area (Å²) >= 11 is 0. The van der Waals surface area contributed by atoms with Gasteiger partial charge in [-0.1, -0.05) is 13.3 Å². The van der Waals surface area contributed by atoms with Crippen molar-refractivity contribution in [3.05, 3.63) is 17.5 Å². The first-order valence-corrected chi connectivity index (χ1v) is 5.91. The predicted octanol–water partition coefficient (Wildman–Crippen LogP) is 1.81. The average Bonchev–Trinajstić information content (AvgIpc) is 2.55. The monoisotopic (exact) mass is 223 g/mol. The molecule has 1 amide bonds. The number of amides is 1. The molecule has 0 atom stereocenters. The molecule has 0 aliphatic rings. The van der Waals surface area contributed by atoms with Gasteiger partial charge in [0, 0.05) is 18.7 Å². The van der Waals surface area contributed by atoms with Crippen LogP contribution >= 0.6 is 0 Å². The fourth-order valence-electron chi connectivity index (χ4n) is 1.63. The van der Waals surface area contributed by atoms with Gasteiger partial charge in [-0.25, -0.2) is 0 Å². The summed E-state index contributed by atoms with van der Waals surface area (Å²) in [6.45, 7) is 7.49. The number of unbranched alkanes of at least 4 members (excludes halogenated alkanes) is 1. The molecule has 1 aromatic heterocycles. The molecule has 1 aromatic rings. The van der Waals surface area contributed by atoms with Crippen LogP contribution in [0.15, 0.2) is 6.07 Å². The quantitative estimate of drug-likeness (QED) is 0.799.